The molecule has 0 aromatic heterocycles. The van der Waals surface area contributed by atoms with Gasteiger partial charge in [0.15, 0.2) is 0 Å². The van der Waals surface area contributed by atoms with Gasteiger partial charge < -0.3 is 4.74 Å². The van der Waals surface area contributed by atoms with Gasteiger partial charge in [0.1, 0.15) is 0 Å². The van der Waals surface area contributed by atoms with Gasteiger partial charge in [-0.25, -0.2) is 4.79 Å². The average molecular weight is 217 g/mol. The number of benzene rings is 1. The zero-order chi connectivity index (χ0) is 11.4. The molecule has 0 saturated heterocycles. The summed E-state index contributed by atoms with van der Waals surface area (Å²) < 4.78 is 5.14. The molecule has 0 fully saturated rings. The minimum Gasteiger partial charge on any atom is -0.449 e. The summed E-state index contributed by atoms with van der Waals surface area (Å²) in [6.45, 7) is 3.04. The fraction of sp³-hybridized carbons (Fsp3) is 0.308. The normalized spacial score (nSPS) is 13.4. The zero-order valence-corrected chi connectivity index (χ0v) is 9.35. The maximum atomic E-state index is 11.8. The molecule has 1 aliphatic rings. The highest BCUT2D eigenvalue weighted by Crippen LogP contribution is 2.25. The predicted octanol–water partition coefficient (Wildman–Crippen LogP) is 3.07. The molecule has 3 nitrogen and oxygen atoms in total. The lowest BCUT2D eigenvalue weighted by Gasteiger charge is -2.25. The van der Waals surface area contributed by atoms with Crippen LogP contribution in [0.1, 0.15) is 18.9 Å². The molecule has 16 heavy (non-hydrogen) atoms. The first-order valence-electron chi connectivity index (χ1n) is 5.53. The molecule has 0 unspecified atom stereocenters. The Morgan fingerprint density at radius 1 is 1.44 bits per heavy atom. The first kappa shape index (κ1) is 10.7. The van der Waals surface area contributed by atoms with Crippen molar-refractivity contribution < 1.29 is 9.53 Å². The highest BCUT2D eigenvalue weighted by molar-refractivity contribution is 5.92. The summed E-state index contributed by atoms with van der Waals surface area (Å²) in [6, 6.07) is 7.82. The SMILES string of the molecule is CCCOC(=O)N1CC=Cc2ccccc21. The Labute approximate surface area is 95.3 Å². The van der Waals surface area contributed by atoms with E-state index in [0.717, 1.165) is 17.7 Å². The molecule has 1 aliphatic heterocycles. The minimum absolute atomic E-state index is 0.265. The van der Waals surface area contributed by atoms with E-state index in [0.29, 0.717) is 13.2 Å². The van der Waals surface area contributed by atoms with Crippen LogP contribution in [0.3, 0.4) is 0 Å². The molecule has 0 atom stereocenters. The van der Waals surface area contributed by atoms with Gasteiger partial charge >= 0.3 is 6.09 Å². The van der Waals surface area contributed by atoms with Crippen LogP contribution in [0.2, 0.25) is 0 Å². The summed E-state index contributed by atoms with van der Waals surface area (Å²) in [5.41, 5.74) is 1.98. The van der Waals surface area contributed by atoms with E-state index in [-0.39, 0.29) is 6.09 Å². The molecule has 0 bridgehead atoms. The summed E-state index contributed by atoms with van der Waals surface area (Å²) in [7, 11) is 0. The number of para-hydroxylation sites is 1. The average Bonchev–Trinajstić information content (AvgIpc) is 2.35. The van der Waals surface area contributed by atoms with Crippen LogP contribution in [0, 0.1) is 0 Å². The van der Waals surface area contributed by atoms with Crippen molar-refractivity contribution in [2.45, 2.75) is 13.3 Å². The van der Waals surface area contributed by atoms with E-state index >= 15 is 0 Å². The molecule has 1 heterocycles. The van der Waals surface area contributed by atoms with Gasteiger partial charge in [-0.1, -0.05) is 37.3 Å². The number of hydrogen-bond donors (Lipinski definition) is 0. The van der Waals surface area contributed by atoms with E-state index in [2.05, 4.69) is 0 Å². The van der Waals surface area contributed by atoms with E-state index in [1.807, 2.05) is 43.3 Å². The first-order valence-corrected chi connectivity index (χ1v) is 5.53. The standard InChI is InChI=1S/C13H15NO2/c1-2-10-16-13(15)14-9-5-7-11-6-3-4-8-12(11)14/h3-8H,2,9-10H2,1H3. The summed E-state index contributed by atoms with van der Waals surface area (Å²) in [5, 5.41) is 0. The third-order valence-electron chi connectivity index (χ3n) is 2.46. The smallest absolute Gasteiger partial charge is 0.414 e. The predicted molar refractivity (Wildman–Crippen MR) is 64.5 cm³/mol. The third-order valence-corrected chi connectivity index (χ3v) is 2.46. The van der Waals surface area contributed by atoms with Crippen molar-refractivity contribution in [3.8, 4) is 0 Å². The van der Waals surface area contributed by atoms with Crippen LogP contribution in [0.5, 0.6) is 0 Å². The molecule has 2 rings (SSSR count). The van der Waals surface area contributed by atoms with Gasteiger partial charge in [0.25, 0.3) is 0 Å². The summed E-state index contributed by atoms with van der Waals surface area (Å²) in [4.78, 5) is 13.4. The summed E-state index contributed by atoms with van der Waals surface area (Å²) in [5.74, 6) is 0. The van der Waals surface area contributed by atoms with Gasteiger partial charge in [0, 0.05) is 6.54 Å². The van der Waals surface area contributed by atoms with Gasteiger partial charge in [-0.3, -0.25) is 4.90 Å². The fourth-order valence-electron chi connectivity index (χ4n) is 1.70. The molecular weight excluding hydrogens is 202 g/mol. The summed E-state index contributed by atoms with van der Waals surface area (Å²) in [6.07, 6.45) is 4.57. The van der Waals surface area contributed by atoms with Crippen molar-refractivity contribution in [3.05, 3.63) is 35.9 Å². The molecule has 0 spiro atoms. The van der Waals surface area contributed by atoms with Gasteiger partial charge in [0.2, 0.25) is 0 Å². The Morgan fingerprint density at radius 3 is 3.06 bits per heavy atom. The minimum atomic E-state index is -0.265. The lowest BCUT2D eigenvalue weighted by molar-refractivity contribution is 0.154. The Hall–Kier alpha value is -1.77. The monoisotopic (exact) mass is 217 g/mol. The topological polar surface area (TPSA) is 29.5 Å². The van der Waals surface area contributed by atoms with E-state index in [1.54, 1.807) is 4.90 Å². The Morgan fingerprint density at radius 2 is 2.25 bits per heavy atom. The van der Waals surface area contributed by atoms with Crippen molar-refractivity contribution in [2.24, 2.45) is 0 Å². The van der Waals surface area contributed by atoms with Crippen molar-refractivity contribution in [3.63, 3.8) is 0 Å². The van der Waals surface area contributed by atoms with Crippen molar-refractivity contribution in [1.29, 1.82) is 0 Å². The summed E-state index contributed by atoms with van der Waals surface area (Å²) >= 11 is 0. The third kappa shape index (κ3) is 2.08. The molecule has 0 radical (unpaired) electrons. The van der Waals surface area contributed by atoms with E-state index in [9.17, 15) is 4.79 Å². The highest BCUT2D eigenvalue weighted by atomic mass is 16.6. The largest absolute Gasteiger partial charge is 0.449 e. The second-order valence-electron chi connectivity index (χ2n) is 3.69. The Kier molecular flexibility index (Phi) is 3.25. The van der Waals surface area contributed by atoms with Gasteiger partial charge in [-0.15, -0.1) is 0 Å². The van der Waals surface area contributed by atoms with E-state index in [4.69, 9.17) is 4.74 Å². The second-order valence-corrected chi connectivity index (χ2v) is 3.69. The van der Waals surface area contributed by atoms with Crippen molar-refractivity contribution in [2.75, 3.05) is 18.1 Å². The van der Waals surface area contributed by atoms with Gasteiger partial charge in [0.05, 0.1) is 12.3 Å². The maximum absolute atomic E-state index is 11.8. The van der Waals surface area contributed by atoms with Crippen LogP contribution in [0.15, 0.2) is 30.3 Å². The number of carbonyl (C=O) groups excluding carboxylic acids is 1. The number of hydrogen-bond acceptors (Lipinski definition) is 2. The Bertz CT molecular complexity index is 412. The lowest BCUT2D eigenvalue weighted by atomic mass is 10.1. The van der Waals surface area contributed by atoms with Crippen LogP contribution in [-0.2, 0) is 4.74 Å². The first-order chi connectivity index (χ1) is 7.83. The number of anilines is 1. The van der Waals surface area contributed by atoms with Crippen LogP contribution in [-0.4, -0.2) is 19.2 Å². The number of rotatable bonds is 2. The van der Waals surface area contributed by atoms with Crippen molar-refractivity contribution >= 4 is 17.9 Å². The quantitative estimate of drug-likeness (QED) is 0.762. The van der Waals surface area contributed by atoms with Crippen LogP contribution in [0.4, 0.5) is 10.5 Å². The van der Waals surface area contributed by atoms with E-state index in [1.165, 1.54) is 0 Å². The number of nitrogens with zero attached hydrogens (tertiary/aromatic N) is 1. The molecule has 0 aliphatic carbocycles. The zero-order valence-electron chi connectivity index (χ0n) is 9.35. The Balaban J connectivity index is 2.18. The van der Waals surface area contributed by atoms with Crippen LogP contribution in [0.25, 0.3) is 6.08 Å². The molecule has 0 N–H and O–H groups in total. The maximum Gasteiger partial charge on any atom is 0.414 e. The lowest BCUT2D eigenvalue weighted by Crippen LogP contribution is -2.33. The van der Waals surface area contributed by atoms with Crippen molar-refractivity contribution in [1.82, 2.24) is 0 Å². The number of carbonyl (C=O) groups is 1. The molecule has 1 aromatic rings. The molecule has 3 heteroatoms. The van der Waals surface area contributed by atoms with Crippen LogP contribution < -0.4 is 4.90 Å². The van der Waals surface area contributed by atoms with Gasteiger partial charge in [-0.2, -0.15) is 0 Å². The second kappa shape index (κ2) is 4.84. The number of ether oxygens (including phenoxy) is 1. The van der Waals surface area contributed by atoms with E-state index < -0.39 is 0 Å². The number of fused-ring (bicyclic) bond motifs is 1. The molecule has 1 aromatic carbocycles. The van der Waals surface area contributed by atoms with Crippen LogP contribution >= 0.6 is 0 Å². The fourth-order valence-corrected chi connectivity index (χ4v) is 1.70. The molecule has 1 amide bonds. The molecule has 0 saturated carbocycles. The molecule has 84 valence electrons. The number of amides is 1. The van der Waals surface area contributed by atoms with Gasteiger partial charge in [-0.05, 0) is 18.1 Å². The molecular formula is C13H15NO2. The highest BCUT2D eigenvalue weighted by Gasteiger charge is 2.20.